The first-order valence-electron chi connectivity index (χ1n) is 5.95. The van der Waals surface area contributed by atoms with Crippen LogP contribution in [0.5, 0.6) is 5.75 Å². The molecule has 0 N–H and O–H groups in total. The van der Waals surface area contributed by atoms with E-state index in [-0.39, 0.29) is 11.7 Å². The van der Waals surface area contributed by atoms with Gasteiger partial charge in [0.1, 0.15) is 11.3 Å². The van der Waals surface area contributed by atoms with Gasteiger partial charge in [-0.1, -0.05) is 13.8 Å². The van der Waals surface area contributed by atoms with Crippen molar-refractivity contribution in [3.8, 4) is 5.75 Å². The predicted molar refractivity (Wildman–Crippen MR) is 54.7 cm³/mol. The molecule has 0 amide bonds. The third kappa shape index (κ3) is 1.45. The molecule has 0 fully saturated rings. The van der Waals surface area contributed by atoms with Gasteiger partial charge in [-0.2, -0.15) is 0 Å². The second-order valence-electron chi connectivity index (χ2n) is 3.44. The Kier molecular flexibility index (Phi) is 1.44. The number of fused-ring (bicyclic) bond motifs is 1. The number of rotatable bonds is 2. The minimum atomic E-state index is -2.45. The SMILES string of the molecule is [2H]C([2H])([2H])Oc1ccc2oc(C(C)C)nc2c1. The maximum atomic E-state index is 7.02. The summed E-state index contributed by atoms with van der Waals surface area (Å²) in [5.41, 5.74) is 1.24. The van der Waals surface area contributed by atoms with E-state index in [0.29, 0.717) is 17.0 Å². The monoisotopic (exact) mass is 194 g/mol. The molecule has 1 heterocycles. The Morgan fingerprint density at radius 1 is 1.50 bits per heavy atom. The van der Waals surface area contributed by atoms with E-state index in [1.54, 1.807) is 18.2 Å². The maximum Gasteiger partial charge on any atom is 0.198 e. The first kappa shape index (κ1) is 6.06. The number of benzene rings is 1. The Balaban J connectivity index is 2.37. The summed E-state index contributed by atoms with van der Waals surface area (Å²) >= 11 is 0. The number of ether oxygens (including phenoxy) is 1. The van der Waals surface area contributed by atoms with Crippen LogP contribution in [-0.2, 0) is 0 Å². The largest absolute Gasteiger partial charge is 0.497 e. The summed E-state index contributed by atoms with van der Waals surface area (Å²) in [6.45, 7) is 3.95. The van der Waals surface area contributed by atoms with Crippen LogP contribution in [0, 0.1) is 0 Å². The molecular weight excluding hydrogens is 178 g/mol. The first-order chi connectivity index (χ1) is 7.85. The van der Waals surface area contributed by atoms with Crippen molar-refractivity contribution in [2.24, 2.45) is 0 Å². The fraction of sp³-hybridized carbons (Fsp3) is 0.364. The van der Waals surface area contributed by atoms with Gasteiger partial charge in [-0.05, 0) is 12.1 Å². The Hall–Kier alpha value is -1.51. The Bertz CT molecular complexity index is 531. The van der Waals surface area contributed by atoms with E-state index in [9.17, 15) is 0 Å². The Morgan fingerprint density at radius 2 is 2.36 bits per heavy atom. The zero-order valence-electron chi connectivity index (χ0n) is 11.1. The van der Waals surface area contributed by atoms with E-state index >= 15 is 0 Å². The highest BCUT2D eigenvalue weighted by atomic mass is 16.5. The number of hydrogen-bond acceptors (Lipinski definition) is 3. The van der Waals surface area contributed by atoms with Gasteiger partial charge < -0.3 is 9.15 Å². The summed E-state index contributed by atoms with van der Waals surface area (Å²) in [6.07, 6.45) is 0. The highest BCUT2D eigenvalue weighted by Gasteiger charge is 2.09. The van der Waals surface area contributed by atoms with Crippen LogP contribution in [0.1, 0.15) is 29.8 Å². The summed E-state index contributed by atoms with van der Waals surface area (Å²) in [6, 6.07) is 4.79. The van der Waals surface area contributed by atoms with Gasteiger partial charge in [0.2, 0.25) is 0 Å². The number of nitrogens with zero attached hydrogens (tertiary/aromatic N) is 1. The van der Waals surface area contributed by atoms with E-state index in [2.05, 4.69) is 4.98 Å². The van der Waals surface area contributed by atoms with Crippen LogP contribution in [0.2, 0.25) is 0 Å². The van der Waals surface area contributed by atoms with Gasteiger partial charge in [0.25, 0.3) is 0 Å². The zero-order chi connectivity index (χ0) is 12.6. The average molecular weight is 194 g/mol. The lowest BCUT2D eigenvalue weighted by Crippen LogP contribution is -1.85. The molecular formula is C11H13NO2. The summed E-state index contributed by atoms with van der Waals surface area (Å²) in [4.78, 5) is 4.27. The summed E-state index contributed by atoms with van der Waals surface area (Å²) in [7, 11) is -2.45. The van der Waals surface area contributed by atoms with Crippen molar-refractivity contribution in [3.63, 3.8) is 0 Å². The summed E-state index contributed by atoms with van der Waals surface area (Å²) < 4.78 is 31.4. The highest BCUT2D eigenvalue weighted by molar-refractivity contribution is 5.74. The van der Waals surface area contributed by atoms with Crippen molar-refractivity contribution >= 4 is 11.1 Å². The van der Waals surface area contributed by atoms with E-state index < -0.39 is 7.04 Å². The standard InChI is InChI=1S/C11H13NO2/c1-7(2)11-12-9-6-8(13-3)4-5-10(9)14-11/h4-7H,1-3H3/i3D3. The molecule has 0 aliphatic heterocycles. The molecule has 2 rings (SSSR count). The van der Waals surface area contributed by atoms with E-state index in [1.165, 1.54) is 0 Å². The lowest BCUT2D eigenvalue weighted by Gasteiger charge is -1.95. The van der Waals surface area contributed by atoms with Gasteiger partial charge in [-0.3, -0.25) is 0 Å². The van der Waals surface area contributed by atoms with Crippen molar-refractivity contribution in [3.05, 3.63) is 24.1 Å². The molecule has 2 aromatic rings. The zero-order valence-corrected chi connectivity index (χ0v) is 8.07. The molecule has 0 aliphatic rings. The first-order valence-corrected chi connectivity index (χ1v) is 4.45. The smallest absolute Gasteiger partial charge is 0.198 e. The van der Waals surface area contributed by atoms with Crippen molar-refractivity contribution in [2.75, 3.05) is 7.04 Å². The molecule has 0 atom stereocenters. The minimum absolute atomic E-state index is 0.189. The van der Waals surface area contributed by atoms with Crippen molar-refractivity contribution < 1.29 is 13.3 Å². The van der Waals surface area contributed by atoms with Crippen LogP contribution in [0.15, 0.2) is 22.6 Å². The number of methoxy groups -OCH3 is 1. The van der Waals surface area contributed by atoms with Gasteiger partial charge in [0, 0.05) is 12.0 Å². The fourth-order valence-electron chi connectivity index (χ4n) is 1.24. The topological polar surface area (TPSA) is 35.3 Å². The van der Waals surface area contributed by atoms with Gasteiger partial charge in [-0.25, -0.2) is 4.98 Å². The minimum Gasteiger partial charge on any atom is -0.497 e. The molecule has 0 radical (unpaired) electrons. The Morgan fingerprint density at radius 3 is 3.07 bits per heavy atom. The van der Waals surface area contributed by atoms with Crippen molar-refractivity contribution in [2.45, 2.75) is 19.8 Å². The van der Waals surface area contributed by atoms with E-state index in [0.717, 1.165) is 0 Å². The van der Waals surface area contributed by atoms with Crippen LogP contribution in [0.3, 0.4) is 0 Å². The van der Waals surface area contributed by atoms with Gasteiger partial charge in [-0.15, -0.1) is 0 Å². The molecule has 3 heteroatoms. The van der Waals surface area contributed by atoms with E-state index in [1.807, 2.05) is 13.8 Å². The highest BCUT2D eigenvalue weighted by Crippen LogP contribution is 2.24. The predicted octanol–water partition coefficient (Wildman–Crippen LogP) is 2.96. The van der Waals surface area contributed by atoms with Crippen molar-refractivity contribution in [1.82, 2.24) is 4.98 Å². The second-order valence-corrected chi connectivity index (χ2v) is 3.44. The third-order valence-electron chi connectivity index (χ3n) is 1.99. The Labute approximate surface area is 86.9 Å². The fourth-order valence-corrected chi connectivity index (χ4v) is 1.24. The average Bonchev–Trinajstić information content (AvgIpc) is 2.57. The third-order valence-corrected chi connectivity index (χ3v) is 1.99. The van der Waals surface area contributed by atoms with Crippen LogP contribution >= 0.6 is 0 Å². The lowest BCUT2D eigenvalue weighted by molar-refractivity contribution is 0.415. The molecule has 0 saturated heterocycles. The molecule has 0 spiro atoms. The lowest BCUT2D eigenvalue weighted by atomic mass is 10.2. The second kappa shape index (κ2) is 3.33. The molecule has 3 nitrogen and oxygen atoms in total. The van der Waals surface area contributed by atoms with Gasteiger partial charge >= 0.3 is 0 Å². The van der Waals surface area contributed by atoms with Crippen LogP contribution in [0.4, 0.5) is 0 Å². The molecule has 0 aliphatic carbocycles. The molecule has 74 valence electrons. The van der Waals surface area contributed by atoms with Crippen LogP contribution in [0.25, 0.3) is 11.1 Å². The summed E-state index contributed by atoms with van der Waals surface area (Å²) in [5, 5.41) is 0. The molecule has 0 unspecified atom stereocenters. The van der Waals surface area contributed by atoms with Gasteiger partial charge in [0.05, 0.1) is 11.2 Å². The van der Waals surface area contributed by atoms with Gasteiger partial charge in [0.15, 0.2) is 11.5 Å². The molecule has 1 aromatic heterocycles. The van der Waals surface area contributed by atoms with E-state index in [4.69, 9.17) is 13.3 Å². The molecule has 14 heavy (non-hydrogen) atoms. The number of oxazole rings is 1. The maximum absolute atomic E-state index is 7.02. The van der Waals surface area contributed by atoms with Crippen molar-refractivity contribution in [1.29, 1.82) is 0 Å². The number of aromatic nitrogens is 1. The normalized spacial score (nSPS) is 15.2. The quantitative estimate of drug-likeness (QED) is 0.737. The summed E-state index contributed by atoms with van der Waals surface area (Å²) in [5.74, 6) is 1.08. The van der Waals surface area contributed by atoms with Crippen LogP contribution in [-0.4, -0.2) is 12.0 Å². The van der Waals surface area contributed by atoms with Crippen LogP contribution < -0.4 is 4.74 Å². The molecule has 1 aromatic carbocycles. The molecule has 0 bridgehead atoms. The number of hydrogen-bond donors (Lipinski definition) is 0. The molecule has 0 saturated carbocycles.